The van der Waals surface area contributed by atoms with E-state index in [-0.39, 0.29) is 0 Å². The molecule has 0 heteroatoms. The molecule has 0 amide bonds. The Hall–Kier alpha value is 0. The van der Waals surface area contributed by atoms with Gasteiger partial charge >= 0.3 is 0 Å². The highest BCUT2D eigenvalue weighted by atomic mass is 14.3. The molecule has 19 heavy (non-hydrogen) atoms. The summed E-state index contributed by atoms with van der Waals surface area (Å²) in [6.45, 7) is 12.2. The molecule has 114 valence electrons. The topological polar surface area (TPSA) is 0 Å². The van der Waals surface area contributed by atoms with E-state index in [1.54, 1.807) is 0 Å². The van der Waals surface area contributed by atoms with Gasteiger partial charge in [0.05, 0.1) is 0 Å². The third-order valence-corrected chi connectivity index (χ3v) is 6.07. The summed E-state index contributed by atoms with van der Waals surface area (Å²) >= 11 is 0. The molecule has 0 nitrogen and oxygen atoms in total. The van der Waals surface area contributed by atoms with Gasteiger partial charge in [0.25, 0.3) is 0 Å². The molecule has 0 radical (unpaired) electrons. The summed E-state index contributed by atoms with van der Waals surface area (Å²) < 4.78 is 0. The fraction of sp³-hybridized carbons (Fsp3) is 1.00. The van der Waals surface area contributed by atoms with Gasteiger partial charge in [0.1, 0.15) is 0 Å². The zero-order valence-electron chi connectivity index (χ0n) is 14.3. The van der Waals surface area contributed by atoms with Crippen molar-refractivity contribution in [2.45, 2.75) is 92.4 Å². The molecule has 0 spiro atoms. The maximum atomic E-state index is 2.50. The summed E-state index contributed by atoms with van der Waals surface area (Å²) in [7, 11) is 0. The Balaban J connectivity index is 2.75. The first-order valence-corrected chi connectivity index (χ1v) is 9.15. The van der Waals surface area contributed by atoms with Crippen LogP contribution in [0, 0.1) is 29.6 Å². The van der Waals surface area contributed by atoms with Crippen molar-refractivity contribution in [2.24, 2.45) is 29.6 Å². The summed E-state index contributed by atoms with van der Waals surface area (Å²) in [5, 5.41) is 0. The van der Waals surface area contributed by atoms with Crippen LogP contribution >= 0.6 is 0 Å². The number of hydrogen-bond acceptors (Lipinski definition) is 0. The number of hydrogen-bond donors (Lipinski definition) is 0. The minimum atomic E-state index is 0.948. The Labute approximate surface area is 122 Å². The smallest absolute Gasteiger partial charge is 0.0386 e. The molecular formula is C19H38. The highest BCUT2D eigenvalue weighted by Gasteiger charge is 2.26. The van der Waals surface area contributed by atoms with E-state index in [9.17, 15) is 0 Å². The molecule has 1 rings (SSSR count). The zero-order chi connectivity index (χ0) is 14.3. The Morgan fingerprint density at radius 1 is 0.579 bits per heavy atom. The van der Waals surface area contributed by atoms with Crippen LogP contribution in [0.1, 0.15) is 92.4 Å². The van der Waals surface area contributed by atoms with Gasteiger partial charge in [-0.15, -0.1) is 0 Å². The van der Waals surface area contributed by atoms with Crippen molar-refractivity contribution >= 4 is 0 Å². The standard InChI is InChI=1S/C19H38/c1-6-16-11-10-15(5)14-19(9-4)18(8-3)13-12-17(16)7-2/h15-19H,6-14H2,1-5H3. The predicted octanol–water partition coefficient (Wildman–Crippen LogP) is 6.69. The van der Waals surface area contributed by atoms with Gasteiger partial charge in [-0.3, -0.25) is 0 Å². The molecule has 1 aliphatic rings. The van der Waals surface area contributed by atoms with Gasteiger partial charge in [-0.05, 0) is 55.3 Å². The van der Waals surface area contributed by atoms with Gasteiger partial charge in [0.2, 0.25) is 0 Å². The van der Waals surface area contributed by atoms with E-state index in [0.717, 1.165) is 29.6 Å². The molecule has 5 unspecified atom stereocenters. The molecule has 0 saturated heterocycles. The molecule has 0 aliphatic heterocycles. The highest BCUT2D eigenvalue weighted by molar-refractivity contribution is 4.77. The lowest BCUT2D eigenvalue weighted by Gasteiger charge is -2.34. The van der Waals surface area contributed by atoms with Gasteiger partial charge in [-0.25, -0.2) is 0 Å². The van der Waals surface area contributed by atoms with Crippen LogP contribution in [0.4, 0.5) is 0 Å². The lowest BCUT2D eigenvalue weighted by Crippen LogP contribution is -2.23. The molecule has 0 heterocycles. The Morgan fingerprint density at radius 2 is 0.947 bits per heavy atom. The first-order chi connectivity index (χ1) is 9.15. The van der Waals surface area contributed by atoms with Crippen LogP contribution in [0.3, 0.4) is 0 Å². The summed E-state index contributed by atoms with van der Waals surface area (Å²) in [4.78, 5) is 0. The summed E-state index contributed by atoms with van der Waals surface area (Å²) in [5.41, 5.74) is 0. The van der Waals surface area contributed by atoms with Crippen LogP contribution in [0.25, 0.3) is 0 Å². The lowest BCUT2D eigenvalue weighted by molar-refractivity contribution is 0.172. The van der Waals surface area contributed by atoms with Crippen LogP contribution < -0.4 is 0 Å². The normalized spacial score (nSPS) is 38.1. The van der Waals surface area contributed by atoms with E-state index in [4.69, 9.17) is 0 Å². The van der Waals surface area contributed by atoms with E-state index in [1.165, 1.54) is 57.8 Å². The first-order valence-electron chi connectivity index (χ1n) is 9.15. The van der Waals surface area contributed by atoms with E-state index in [1.807, 2.05) is 0 Å². The Morgan fingerprint density at radius 3 is 1.37 bits per heavy atom. The van der Waals surface area contributed by atoms with Gasteiger partial charge < -0.3 is 0 Å². The van der Waals surface area contributed by atoms with Crippen molar-refractivity contribution in [3.05, 3.63) is 0 Å². The third kappa shape index (κ3) is 5.12. The fourth-order valence-corrected chi connectivity index (χ4v) is 4.57. The summed E-state index contributed by atoms with van der Waals surface area (Å²) in [6, 6.07) is 0. The van der Waals surface area contributed by atoms with E-state index in [2.05, 4.69) is 34.6 Å². The fourth-order valence-electron chi connectivity index (χ4n) is 4.57. The van der Waals surface area contributed by atoms with Crippen molar-refractivity contribution < 1.29 is 0 Å². The molecule has 1 aliphatic carbocycles. The van der Waals surface area contributed by atoms with Crippen LogP contribution in [0.5, 0.6) is 0 Å². The summed E-state index contributed by atoms with van der Waals surface area (Å²) in [6.07, 6.45) is 13.1. The van der Waals surface area contributed by atoms with Crippen LogP contribution in [-0.2, 0) is 0 Å². The molecule has 0 aromatic heterocycles. The average Bonchev–Trinajstić information content (AvgIpc) is 2.44. The minimum Gasteiger partial charge on any atom is -0.0651 e. The Bertz CT molecular complexity index is 220. The van der Waals surface area contributed by atoms with Crippen molar-refractivity contribution in [3.63, 3.8) is 0 Å². The monoisotopic (exact) mass is 266 g/mol. The zero-order valence-corrected chi connectivity index (χ0v) is 14.3. The maximum absolute atomic E-state index is 2.50. The second-order valence-electron chi connectivity index (χ2n) is 7.17. The molecular weight excluding hydrogens is 228 g/mol. The van der Waals surface area contributed by atoms with Gasteiger partial charge in [0.15, 0.2) is 0 Å². The third-order valence-electron chi connectivity index (χ3n) is 6.07. The molecule has 0 aromatic carbocycles. The first kappa shape index (κ1) is 17.1. The molecule has 1 saturated carbocycles. The second kappa shape index (κ2) is 9.03. The second-order valence-corrected chi connectivity index (χ2v) is 7.17. The van der Waals surface area contributed by atoms with Gasteiger partial charge in [-0.1, -0.05) is 66.7 Å². The van der Waals surface area contributed by atoms with Gasteiger partial charge in [-0.2, -0.15) is 0 Å². The minimum absolute atomic E-state index is 0.948. The molecule has 1 fully saturated rings. The summed E-state index contributed by atoms with van der Waals surface area (Å²) in [5.74, 6) is 4.95. The Kier molecular flexibility index (Phi) is 8.11. The maximum Gasteiger partial charge on any atom is -0.0386 e. The van der Waals surface area contributed by atoms with Gasteiger partial charge in [0, 0.05) is 0 Å². The largest absolute Gasteiger partial charge is 0.0651 e. The lowest BCUT2D eigenvalue weighted by atomic mass is 9.72. The van der Waals surface area contributed by atoms with E-state index in [0.29, 0.717) is 0 Å². The SMILES string of the molecule is CCC1CCC(C)CC(CC)C(CC)CCC1CC. The number of rotatable bonds is 4. The quantitative estimate of drug-likeness (QED) is 0.531. The highest BCUT2D eigenvalue weighted by Crippen LogP contribution is 2.38. The van der Waals surface area contributed by atoms with Crippen molar-refractivity contribution in [3.8, 4) is 0 Å². The van der Waals surface area contributed by atoms with E-state index < -0.39 is 0 Å². The van der Waals surface area contributed by atoms with Crippen LogP contribution in [0.15, 0.2) is 0 Å². The predicted molar refractivity (Wildman–Crippen MR) is 87.4 cm³/mol. The molecule has 0 bridgehead atoms. The van der Waals surface area contributed by atoms with Crippen LogP contribution in [0.2, 0.25) is 0 Å². The average molecular weight is 267 g/mol. The van der Waals surface area contributed by atoms with Crippen LogP contribution in [-0.4, -0.2) is 0 Å². The van der Waals surface area contributed by atoms with E-state index >= 15 is 0 Å². The molecule has 5 atom stereocenters. The van der Waals surface area contributed by atoms with Crippen molar-refractivity contribution in [1.29, 1.82) is 0 Å². The molecule has 0 N–H and O–H groups in total. The van der Waals surface area contributed by atoms with Crippen molar-refractivity contribution in [2.75, 3.05) is 0 Å². The van der Waals surface area contributed by atoms with Crippen molar-refractivity contribution in [1.82, 2.24) is 0 Å². The molecule has 0 aromatic rings.